The molecule has 0 unspecified atom stereocenters. The van der Waals surface area contributed by atoms with Gasteiger partial charge in [0.25, 0.3) is 0 Å². The molecule has 2 N–H and O–H groups in total. The molecule has 0 aromatic carbocycles. The Hall–Kier alpha value is -2.28. The van der Waals surface area contributed by atoms with Gasteiger partial charge < -0.3 is 5.73 Å². The Morgan fingerprint density at radius 1 is 1.30 bits per heavy atom. The predicted octanol–water partition coefficient (Wildman–Crippen LogP) is 1.82. The van der Waals surface area contributed by atoms with E-state index in [0.717, 1.165) is 22.0 Å². The van der Waals surface area contributed by atoms with Crippen LogP contribution in [0.25, 0.3) is 11.3 Å². The van der Waals surface area contributed by atoms with Gasteiger partial charge in [-0.3, -0.25) is 4.68 Å². The second-order valence-electron chi connectivity index (χ2n) is 4.56. The van der Waals surface area contributed by atoms with Gasteiger partial charge in [0.2, 0.25) is 0 Å². The van der Waals surface area contributed by atoms with E-state index in [1.54, 1.807) is 28.3 Å². The minimum atomic E-state index is 0.460. The van der Waals surface area contributed by atoms with Crippen molar-refractivity contribution < 1.29 is 0 Å². The number of hydrogen-bond donors (Lipinski definition) is 1. The summed E-state index contributed by atoms with van der Waals surface area (Å²) in [7, 11) is 1.87. The summed E-state index contributed by atoms with van der Waals surface area (Å²) in [5, 5.41) is 7.15. The number of nitrogens with zero attached hydrogens (tertiary/aromatic N) is 5. The maximum atomic E-state index is 5.87. The molecule has 0 bridgehead atoms. The lowest BCUT2D eigenvalue weighted by Gasteiger charge is -2.03. The molecular formula is C13H14N6S. The number of anilines is 1. The van der Waals surface area contributed by atoms with Crippen molar-refractivity contribution >= 4 is 17.2 Å². The van der Waals surface area contributed by atoms with E-state index >= 15 is 0 Å². The number of rotatable bonds is 3. The molecular weight excluding hydrogens is 272 g/mol. The molecule has 6 nitrogen and oxygen atoms in total. The van der Waals surface area contributed by atoms with Crippen LogP contribution in [0.15, 0.2) is 23.8 Å². The molecule has 3 aromatic heterocycles. The fraction of sp³-hybridized carbons (Fsp3) is 0.231. The van der Waals surface area contributed by atoms with Gasteiger partial charge in [-0.25, -0.2) is 15.0 Å². The predicted molar refractivity (Wildman–Crippen MR) is 78.3 cm³/mol. The van der Waals surface area contributed by atoms with Gasteiger partial charge in [0.15, 0.2) is 0 Å². The molecule has 0 aliphatic carbocycles. The third-order valence-corrected chi connectivity index (χ3v) is 3.74. The largest absolute Gasteiger partial charge is 0.384 e. The van der Waals surface area contributed by atoms with Gasteiger partial charge in [0, 0.05) is 35.9 Å². The third-order valence-electron chi connectivity index (χ3n) is 2.77. The van der Waals surface area contributed by atoms with E-state index in [1.807, 2.05) is 25.5 Å². The van der Waals surface area contributed by atoms with Crippen LogP contribution in [0.1, 0.15) is 16.5 Å². The van der Waals surface area contributed by atoms with Crippen LogP contribution in [0.5, 0.6) is 0 Å². The molecule has 0 atom stereocenters. The summed E-state index contributed by atoms with van der Waals surface area (Å²) >= 11 is 1.61. The molecule has 0 saturated carbocycles. The summed E-state index contributed by atoms with van der Waals surface area (Å²) in [6.07, 6.45) is 4.26. The molecule has 0 radical (unpaired) electrons. The van der Waals surface area contributed by atoms with Crippen molar-refractivity contribution in [3.63, 3.8) is 0 Å². The van der Waals surface area contributed by atoms with Crippen molar-refractivity contribution in [2.75, 3.05) is 5.73 Å². The Bertz CT molecular complexity index is 745. The quantitative estimate of drug-likeness (QED) is 0.794. The summed E-state index contributed by atoms with van der Waals surface area (Å²) in [6.45, 7) is 1.97. The highest BCUT2D eigenvalue weighted by molar-refractivity contribution is 7.09. The van der Waals surface area contributed by atoms with E-state index < -0.39 is 0 Å². The summed E-state index contributed by atoms with van der Waals surface area (Å²) in [4.78, 5) is 13.2. The fourth-order valence-corrected chi connectivity index (χ4v) is 2.69. The Morgan fingerprint density at radius 3 is 2.80 bits per heavy atom. The van der Waals surface area contributed by atoms with Crippen LogP contribution in [0, 0.1) is 6.92 Å². The van der Waals surface area contributed by atoms with E-state index in [9.17, 15) is 0 Å². The van der Waals surface area contributed by atoms with Gasteiger partial charge in [-0.2, -0.15) is 5.10 Å². The zero-order valence-electron chi connectivity index (χ0n) is 11.2. The highest BCUT2D eigenvalue weighted by Gasteiger charge is 2.09. The summed E-state index contributed by atoms with van der Waals surface area (Å²) in [5.41, 5.74) is 8.60. The zero-order chi connectivity index (χ0) is 14.1. The topological polar surface area (TPSA) is 82.5 Å². The van der Waals surface area contributed by atoms with Crippen molar-refractivity contribution in [2.45, 2.75) is 13.3 Å². The first-order chi connectivity index (χ1) is 9.60. The van der Waals surface area contributed by atoms with Gasteiger partial charge in [0.05, 0.1) is 18.3 Å². The molecule has 3 aromatic rings. The van der Waals surface area contributed by atoms with Crippen LogP contribution in [-0.4, -0.2) is 24.7 Å². The monoisotopic (exact) mass is 286 g/mol. The van der Waals surface area contributed by atoms with Crippen LogP contribution in [-0.2, 0) is 13.5 Å². The van der Waals surface area contributed by atoms with Gasteiger partial charge in [-0.05, 0) is 6.92 Å². The van der Waals surface area contributed by atoms with E-state index in [-0.39, 0.29) is 0 Å². The number of nitrogen functional groups attached to an aromatic ring is 1. The van der Waals surface area contributed by atoms with Crippen molar-refractivity contribution in [2.24, 2.45) is 7.05 Å². The van der Waals surface area contributed by atoms with Crippen LogP contribution < -0.4 is 5.73 Å². The Labute approximate surface area is 120 Å². The fourth-order valence-electron chi connectivity index (χ4n) is 1.92. The number of nitrogens with two attached hydrogens (primary N) is 1. The van der Waals surface area contributed by atoms with Crippen molar-refractivity contribution in [1.82, 2.24) is 24.7 Å². The van der Waals surface area contributed by atoms with Gasteiger partial charge in [-0.15, -0.1) is 11.3 Å². The first-order valence-electron chi connectivity index (χ1n) is 6.13. The lowest BCUT2D eigenvalue weighted by atomic mass is 10.2. The molecule has 0 saturated heterocycles. The summed E-state index contributed by atoms with van der Waals surface area (Å²) < 4.78 is 1.73. The van der Waals surface area contributed by atoms with E-state index in [1.165, 1.54) is 0 Å². The second kappa shape index (κ2) is 5.01. The lowest BCUT2D eigenvalue weighted by molar-refractivity contribution is 0.768. The number of aromatic nitrogens is 5. The maximum absolute atomic E-state index is 5.87. The van der Waals surface area contributed by atoms with Crippen molar-refractivity contribution in [3.05, 3.63) is 40.4 Å². The number of hydrogen-bond acceptors (Lipinski definition) is 6. The maximum Gasteiger partial charge on any atom is 0.138 e. The molecule has 0 amide bonds. The van der Waals surface area contributed by atoms with Gasteiger partial charge in [0.1, 0.15) is 16.6 Å². The third kappa shape index (κ3) is 2.67. The SMILES string of the molecule is Cc1csc(Cc2nc(N)cc(-c3cnn(C)c3)n2)n1. The second-order valence-corrected chi connectivity index (χ2v) is 5.50. The minimum absolute atomic E-state index is 0.460. The van der Waals surface area contributed by atoms with E-state index in [0.29, 0.717) is 18.1 Å². The average molecular weight is 286 g/mol. The number of aryl methyl sites for hydroxylation is 2. The van der Waals surface area contributed by atoms with Crippen LogP contribution in [0.2, 0.25) is 0 Å². The average Bonchev–Trinajstić information content (AvgIpc) is 2.98. The smallest absolute Gasteiger partial charge is 0.138 e. The Balaban J connectivity index is 1.94. The molecule has 0 fully saturated rings. The summed E-state index contributed by atoms with van der Waals surface area (Å²) in [5.74, 6) is 1.14. The minimum Gasteiger partial charge on any atom is -0.384 e. The first-order valence-corrected chi connectivity index (χ1v) is 7.01. The molecule has 20 heavy (non-hydrogen) atoms. The normalized spacial score (nSPS) is 10.9. The molecule has 102 valence electrons. The zero-order valence-corrected chi connectivity index (χ0v) is 12.1. The Kier molecular flexibility index (Phi) is 3.19. The van der Waals surface area contributed by atoms with Gasteiger partial charge >= 0.3 is 0 Å². The van der Waals surface area contributed by atoms with Crippen molar-refractivity contribution in [1.29, 1.82) is 0 Å². The highest BCUT2D eigenvalue weighted by Crippen LogP contribution is 2.19. The lowest BCUT2D eigenvalue weighted by Crippen LogP contribution is -2.02. The van der Waals surface area contributed by atoms with Crippen LogP contribution in [0.4, 0.5) is 5.82 Å². The van der Waals surface area contributed by atoms with E-state index in [4.69, 9.17) is 5.73 Å². The number of thiazole rings is 1. The molecule has 0 aliphatic heterocycles. The molecule has 3 heterocycles. The van der Waals surface area contributed by atoms with Crippen LogP contribution in [0.3, 0.4) is 0 Å². The van der Waals surface area contributed by atoms with Crippen LogP contribution >= 0.6 is 11.3 Å². The molecule has 0 spiro atoms. The molecule has 3 rings (SSSR count). The van der Waals surface area contributed by atoms with E-state index in [2.05, 4.69) is 20.1 Å². The van der Waals surface area contributed by atoms with Crippen molar-refractivity contribution in [3.8, 4) is 11.3 Å². The highest BCUT2D eigenvalue weighted by atomic mass is 32.1. The van der Waals surface area contributed by atoms with Gasteiger partial charge in [-0.1, -0.05) is 0 Å². The summed E-state index contributed by atoms with van der Waals surface area (Å²) in [6, 6.07) is 1.76. The molecule has 0 aliphatic rings. The standard InChI is InChI=1S/C13H14N6S/c1-8-7-20-13(16-8)4-12-17-10(3-11(14)18-12)9-5-15-19(2)6-9/h3,5-7H,4H2,1-2H3,(H2,14,17,18). The Morgan fingerprint density at radius 2 is 2.15 bits per heavy atom. The molecule has 7 heteroatoms. The first kappa shape index (κ1) is 12.7.